The van der Waals surface area contributed by atoms with Gasteiger partial charge in [0, 0.05) is 13.6 Å². The lowest BCUT2D eigenvalue weighted by molar-refractivity contribution is 0.815. The predicted octanol–water partition coefficient (Wildman–Crippen LogP) is 1.29. The Hall–Kier alpha value is -1.35. The van der Waals surface area contributed by atoms with Crippen LogP contribution >= 0.6 is 0 Å². The van der Waals surface area contributed by atoms with E-state index in [-0.39, 0.29) is 0 Å². The van der Waals surface area contributed by atoms with Gasteiger partial charge in [-0.3, -0.25) is 0 Å². The average molecular weight is 175 g/mol. The number of hydrogen-bond donors (Lipinski definition) is 1. The number of rotatable bonds is 2. The molecule has 0 saturated carbocycles. The van der Waals surface area contributed by atoms with Gasteiger partial charge in [0.2, 0.25) is 0 Å². The minimum Gasteiger partial charge on any atom is -0.333 e. The van der Waals surface area contributed by atoms with Gasteiger partial charge >= 0.3 is 0 Å². The lowest BCUT2D eigenvalue weighted by atomic mass is 10.2. The molecule has 0 atom stereocenters. The van der Waals surface area contributed by atoms with Crippen LogP contribution in [0, 0.1) is 0 Å². The number of nitrogens with one attached hydrogen (secondary N) is 1. The maximum Gasteiger partial charge on any atom is 0.0955 e. The van der Waals surface area contributed by atoms with E-state index in [0.29, 0.717) is 0 Å². The fourth-order valence-electron chi connectivity index (χ4n) is 1.63. The van der Waals surface area contributed by atoms with E-state index >= 15 is 0 Å². The van der Waals surface area contributed by atoms with Gasteiger partial charge in [0.05, 0.1) is 17.4 Å². The normalized spacial score (nSPS) is 10.9. The molecule has 0 aliphatic carbocycles. The number of nitrogens with zero attached hydrogens (tertiary/aromatic N) is 2. The van der Waals surface area contributed by atoms with Crippen LogP contribution in [0.5, 0.6) is 0 Å². The third-order valence-corrected chi connectivity index (χ3v) is 2.19. The Bertz CT molecular complexity index is 417. The predicted molar refractivity (Wildman–Crippen MR) is 53.5 cm³/mol. The molecule has 0 amide bonds. The first kappa shape index (κ1) is 8.26. The molecule has 2 rings (SSSR count). The van der Waals surface area contributed by atoms with Gasteiger partial charge in [-0.15, -0.1) is 0 Å². The number of hydrogen-bond acceptors (Lipinski definition) is 2. The monoisotopic (exact) mass is 175 g/mol. The second-order valence-corrected chi connectivity index (χ2v) is 3.17. The molecule has 1 aromatic heterocycles. The Labute approximate surface area is 77.4 Å². The zero-order valence-electron chi connectivity index (χ0n) is 7.91. The first-order valence-corrected chi connectivity index (χ1v) is 4.36. The lowest BCUT2D eigenvalue weighted by Crippen LogP contribution is -2.06. The number of aryl methyl sites for hydroxylation is 1. The summed E-state index contributed by atoms with van der Waals surface area (Å²) in [5.74, 6) is 0. The van der Waals surface area contributed by atoms with E-state index in [1.54, 1.807) is 0 Å². The van der Waals surface area contributed by atoms with Gasteiger partial charge in [-0.2, -0.15) is 0 Å². The summed E-state index contributed by atoms with van der Waals surface area (Å²) in [4.78, 5) is 4.30. The van der Waals surface area contributed by atoms with Gasteiger partial charge in [-0.05, 0) is 18.7 Å². The average Bonchev–Trinajstić information content (AvgIpc) is 2.50. The highest BCUT2D eigenvalue weighted by Gasteiger charge is 2.03. The molecule has 1 aromatic carbocycles. The standard InChI is InChI=1S/C10H13N3/c1-11-6-8-4-3-5-9-10(8)13(2)7-12-9/h3-5,7,11H,6H2,1-2H3. The largest absolute Gasteiger partial charge is 0.333 e. The summed E-state index contributed by atoms with van der Waals surface area (Å²) in [6, 6.07) is 6.21. The molecule has 3 heteroatoms. The molecular formula is C10H13N3. The smallest absolute Gasteiger partial charge is 0.0955 e. The van der Waals surface area contributed by atoms with Crippen molar-refractivity contribution in [3.8, 4) is 0 Å². The van der Waals surface area contributed by atoms with E-state index in [1.165, 1.54) is 11.1 Å². The molecule has 0 fully saturated rings. The van der Waals surface area contributed by atoms with Crippen LogP contribution in [0.15, 0.2) is 24.5 Å². The number of aromatic nitrogens is 2. The summed E-state index contributed by atoms with van der Waals surface area (Å²) in [6.07, 6.45) is 1.85. The van der Waals surface area contributed by atoms with Crippen molar-refractivity contribution in [1.29, 1.82) is 0 Å². The third kappa shape index (κ3) is 1.31. The van der Waals surface area contributed by atoms with Crippen molar-refractivity contribution in [2.45, 2.75) is 6.54 Å². The van der Waals surface area contributed by atoms with Crippen molar-refractivity contribution < 1.29 is 0 Å². The highest BCUT2D eigenvalue weighted by atomic mass is 15.0. The minimum absolute atomic E-state index is 0.886. The van der Waals surface area contributed by atoms with Gasteiger partial charge in [0.1, 0.15) is 0 Å². The minimum atomic E-state index is 0.886. The van der Waals surface area contributed by atoms with E-state index in [0.717, 1.165) is 12.1 Å². The van der Waals surface area contributed by atoms with E-state index in [4.69, 9.17) is 0 Å². The van der Waals surface area contributed by atoms with Crippen LogP contribution < -0.4 is 5.32 Å². The van der Waals surface area contributed by atoms with Crippen molar-refractivity contribution in [3.63, 3.8) is 0 Å². The topological polar surface area (TPSA) is 29.9 Å². The summed E-state index contributed by atoms with van der Waals surface area (Å²) < 4.78 is 2.06. The molecule has 0 aliphatic rings. The fraction of sp³-hybridized carbons (Fsp3) is 0.300. The molecule has 0 saturated heterocycles. The molecule has 2 aromatic rings. The Morgan fingerprint density at radius 3 is 3.08 bits per heavy atom. The first-order valence-electron chi connectivity index (χ1n) is 4.36. The number of imidazole rings is 1. The number of benzene rings is 1. The maximum atomic E-state index is 4.30. The van der Waals surface area contributed by atoms with Crippen LogP contribution in [-0.2, 0) is 13.6 Å². The molecule has 0 unspecified atom stereocenters. The Kier molecular flexibility index (Phi) is 2.02. The molecule has 0 spiro atoms. The van der Waals surface area contributed by atoms with Crippen molar-refractivity contribution in [3.05, 3.63) is 30.1 Å². The van der Waals surface area contributed by atoms with Crippen LogP contribution in [-0.4, -0.2) is 16.6 Å². The maximum absolute atomic E-state index is 4.30. The van der Waals surface area contributed by atoms with Gasteiger partial charge in [-0.25, -0.2) is 4.98 Å². The lowest BCUT2D eigenvalue weighted by Gasteiger charge is -2.03. The molecule has 13 heavy (non-hydrogen) atoms. The summed E-state index contributed by atoms with van der Waals surface area (Å²) >= 11 is 0. The SMILES string of the molecule is CNCc1cccc2ncn(C)c12. The highest BCUT2D eigenvalue weighted by molar-refractivity contribution is 5.78. The number of para-hydroxylation sites is 1. The Morgan fingerprint density at radius 1 is 1.46 bits per heavy atom. The molecule has 0 bridgehead atoms. The molecule has 3 nitrogen and oxygen atoms in total. The van der Waals surface area contributed by atoms with Crippen LogP contribution in [0.25, 0.3) is 11.0 Å². The zero-order valence-corrected chi connectivity index (χ0v) is 7.91. The van der Waals surface area contributed by atoms with Gasteiger partial charge in [-0.1, -0.05) is 12.1 Å². The molecule has 68 valence electrons. The second kappa shape index (κ2) is 3.18. The van der Waals surface area contributed by atoms with Crippen molar-refractivity contribution in [2.75, 3.05) is 7.05 Å². The molecular weight excluding hydrogens is 162 g/mol. The summed E-state index contributed by atoms with van der Waals surface area (Å²) in [5, 5.41) is 3.15. The molecule has 1 N–H and O–H groups in total. The third-order valence-electron chi connectivity index (χ3n) is 2.19. The summed E-state index contributed by atoms with van der Waals surface area (Å²) in [5.41, 5.74) is 3.58. The van der Waals surface area contributed by atoms with Crippen LogP contribution in [0.1, 0.15) is 5.56 Å². The zero-order chi connectivity index (χ0) is 9.26. The van der Waals surface area contributed by atoms with Crippen LogP contribution in [0.3, 0.4) is 0 Å². The molecule has 0 aliphatic heterocycles. The van der Waals surface area contributed by atoms with Crippen molar-refractivity contribution in [1.82, 2.24) is 14.9 Å². The quantitative estimate of drug-likeness (QED) is 0.745. The Morgan fingerprint density at radius 2 is 2.31 bits per heavy atom. The van der Waals surface area contributed by atoms with Crippen LogP contribution in [0.4, 0.5) is 0 Å². The molecule has 0 radical (unpaired) electrons. The van der Waals surface area contributed by atoms with Gasteiger partial charge in [0.15, 0.2) is 0 Å². The van der Waals surface area contributed by atoms with E-state index in [9.17, 15) is 0 Å². The van der Waals surface area contributed by atoms with Crippen LogP contribution in [0.2, 0.25) is 0 Å². The second-order valence-electron chi connectivity index (χ2n) is 3.17. The fourth-order valence-corrected chi connectivity index (χ4v) is 1.63. The summed E-state index contributed by atoms with van der Waals surface area (Å²) in [6.45, 7) is 0.886. The van der Waals surface area contributed by atoms with Gasteiger partial charge < -0.3 is 9.88 Å². The first-order chi connectivity index (χ1) is 6.33. The van der Waals surface area contributed by atoms with E-state index in [2.05, 4.69) is 20.9 Å². The van der Waals surface area contributed by atoms with Gasteiger partial charge in [0.25, 0.3) is 0 Å². The Balaban J connectivity index is 2.65. The van der Waals surface area contributed by atoms with E-state index < -0.39 is 0 Å². The number of fused-ring (bicyclic) bond motifs is 1. The highest BCUT2D eigenvalue weighted by Crippen LogP contribution is 2.16. The molecule has 1 heterocycles. The van der Waals surface area contributed by atoms with E-state index in [1.807, 2.05) is 32.6 Å². The van der Waals surface area contributed by atoms with Crippen molar-refractivity contribution >= 4 is 11.0 Å². The summed E-state index contributed by atoms with van der Waals surface area (Å²) in [7, 11) is 3.98. The van der Waals surface area contributed by atoms with Crippen molar-refractivity contribution in [2.24, 2.45) is 7.05 Å².